The van der Waals surface area contributed by atoms with Crippen LogP contribution in [0.5, 0.6) is 0 Å². The molecule has 0 saturated heterocycles. The van der Waals surface area contributed by atoms with Gasteiger partial charge in [0.15, 0.2) is 0 Å². The first-order valence-electron chi connectivity index (χ1n) is 6.72. The normalized spacial score (nSPS) is 11.3. The molecule has 1 aromatic rings. The van der Waals surface area contributed by atoms with Crippen LogP contribution in [0.3, 0.4) is 0 Å². The molecule has 0 radical (unpaired) electrons. The SMILES string of the molecule is CC(C)C(C)(C)CNC(=O)c1ccc([N+](=O)[O-])c(NN)c1. The number of nitrogens with one attached hydrogen (secondary N) is 2. The molecular weight excluding hydrogens is 272 g/mol. The highest BCUT2D eigenvalue weighted by molar-refractivity contribution is 5.95. The van der Waals surface area contributed by atoms with Crippen LogP contribution in [0.4, 0.5) is 11.4 Å². The van der Waals surface area contributed by atoms with Crippen molar-refractivity contribution < 1.29 is 9.72 Å². The Balaban J connectivity index is 2.87. The standard InChI is InChI=1S/C14H22N4O3/c1-9(2)14(3,4)8-16-13(19)10-5-6-12(18(20)21)11(7-10)17-15/h5-7,9,17H,8,15H2,1-4H3,(H,16,19). The predicted octanol–water partition coefficient (Wildman–Crippen LogP) is 2.29. The molecule has 0 fully saturated rings. The van der Waals surface area contributed by atoms with Gasteiger partial charge in [-0.2, -0.15) is 0 Å². The van der Waals surface area contributed by atoms with Gasteiger partial charge in [-0.25, -0.2) is 0 Å². The summed E-state index contributed by atoms with van der Waals surface area (Å²) >= 11 is 0. The number of anilines is 1. The average molecular weight is 294 g/mol. The van der Waals surface area contributed by atoms with E-state index in [1.54, 1.807) is 0 Å². The van der Waals surface area contributed by atoms with E-state index in [4.69, 9.17) is 5.84 Å². The van der Waals surface area contributed by atoms with Crippen molar-refractivity contribution in [3.05, 3.63) is 33.9 Å². The number of carbonyl (C=O) groups is 1. The number of amides is 1. The number of hydrazine groups is 1. The third-order valence-corrected chi connectivity index (χ3v) is 3.88. The summed E-state index contributed by atoms with van der Waals surface area (Å²) < 4.78 is 0. The number of nitrogens with two attached hydrogens (primary N) is 1. The molecule has 7 heteroatoms. The monoisotopic (exact) mass is 294 g/mol. The third kappa shape index (κ3) is 4.16. The maximum atomic E-state index is 12.1. The zero-order chi connectivity index (χ0) is 16.2. The van der Waals surface area contributed by atoms with Gasteiger partial charge in [0.2, 0.25) is 0 Å². The maximum absolute atomic E-state index is 12.1. The lowest BCUT2D eigenvalue weighted by Crippen LogP contribution is -2.37. The van der Waals surface area contributed by atoms with Gasteiger partial charge in [0.1, 0.15) is 5.69 Å². The van der Waals surface area contributed by atoms with E-state index < -0.39 is 4.92 Å². The second-order valence-corrected chi connectivity index (χ2v) is 5.96. The molecule has 7 nitrogen and oxygen atoms in total. The number of hydrogen-bond acceptors (Lipinski definition) is 5. The van der Waals surface area contributed by atoms with Crippen molar-refractivity contribution in [3.8, 4) is 0 Å². The summed E-state index contributed by atoms with van der Waals surface area (Å²) in [6.45, 7) is 8.84. The summed E-state index contributed by atoms with van der Waals surface area (Å²) in [5, 5.41) is 13.6. The van der Waals surface area contributed by atoms with Crippen molar-refractivity contribution in [1.82, 2.24) is 5.32 Å². The fourth-order valence-corrected chi connectivity index (χ4v) is 1.57. The summed E-state index contributed by atoms with van der Waals surface area (Å²) in [6, 6.07) is 4.05. The quantitative estimate of drug-likeness (QED) is 0.423. The Hall–Kier alpha value is -2.15. The molecule has 0 saturated carbocycles. The molecule has 0 unspecified atom stereocenters. The van der Waals surface area contributed by atoms with Gasteiger partial charge in [0.25, 0.3) is 11.6 Å². The van der Waals surface area contributed by atoms with Crippen molar-refractivity contribution in [2.45, 2.75) is 27.7 Å². The van der Waals surface area contributed by atoms with Crippen molar-refractivity contribution >= 4 is 17.3 Å². The lowest BCUT2D eigenvalue weighted by Gasteiger charge is -2.29. The van der Waals surface area contributed by atoms with Crippen molar-refractivity contribution in [2.75, 3.05) is 12.0 Å². The van der Waals surface area contributed by atoms with Gasteiger partial charge in [-0.1, -0.05) is 27.7 Å². The summed E-state index contributed by atoms with van der Waals surface area (Å²) in [5.41, 5.74) is 2.47. The first-order chi connectivity index (χ1) is 9.69. The third-order valence-electron chi connectivity index (χ3n) is 3.88. The van der Waals surface area contributed by atoms with Crippen LogP contribution < -0.4 is 16.6 Å². The summed E-state index contributed by atoms with van der Waals surface area (Å²) in [6.07, 6.45) is 0. The van der Waals surface area contributed by atoms with Crippen molar-refractivity contribution in [3.63, 3.8) is 0 Å². The molecule has 1 aromatic carbocycles. The van der Waals surface area contributed by atoms with E-state index in [0.29, 0.717) is 18.0 Å². The van der Waals surface area contributed by atoms with Gasteiger partial charge in [-0.05, 0) is 23.5 Å². The van der Waals surface area contributed by atoms with E-state index in [2.05, 4.69) is 38.4 Å². The van der Waals surface area contributed by atoms with Gasteiger partial charge >= 0.3 is 0 Å². The van der Waals surface area contributed by atoms with Crippen LogP contribution in [0.25, 0.3) is 0 Å². The smallest absolute Gasteiger partial charge is 0.293 e. The number of nitrogen functional groups attached to an aromatic ring is 1. The van der Waals surface area contributed by atoms with Crippen LogP contribution in [-0.4, -0.2) is 17.4 Å². The summed E-state index contributed by atoms with van der Waals surface area (Å²) in [5.74, 6) is 5.38. The minimum Gasteiger partial charge on any atom is -0.351 e. The zero-order valence-corrected chi connectivity index (χ0v) is 12.8. The van der Waals surface area contributed by atoms with Gasteiger partial charge in [-0.3, -0.25) is 20.8 Å². The van der Waals surface area contributed by atoms with Crippen LogP contribution in [0.2, 0.25) is 0 Å². The van der Waals surface area contributed by atoms with E-state index in [0.717, 1.165) is 0 Å². The molecule has 0 spiro atoms. The number of nitrogens with zero attached hydrogens (tertiary/aromatic N) is 1. The Bertz CT molecular complexity index is 541. The average Bonchev–Trinajstić information content (AvgIpc) is 2.43. The molecular formula is C14H22N4O3. The van der Waals surface area contributed by atoms with Crippen LogP contribution in [0, 0.1) is 21.4 Å². The molecule has 0 aliphatic carbocycles. The maximum Gasteiger partial charge on any atom is 0.293 e. The molecule has 0 aromatic heterocycles. The van der Waals surface area contributed by atoms with E-state index in [9.17, 15) is 14.9 Å². The first-order valence-corrected chi connectivity index (χ1v) is 6.72. The highest BCUT2D eigenvalue weighted by Crippen LogP contribution is 2.26. The minimum atomic E-state index is -0.557. The second-order valence-electron chi connectivity index (χ2n) is 5.96. The van der Waals surface area contributed by atoms with E-state index >= 15 is 0 Å². The molecule has 0 heterocycles. The van der Waals surface area contributed by atoms with E-state index in [1.165, 1.54) is 18.2 Å². The minimum absolute atomic E-state index is 0.0363. The number of nitro benzene ring substituents is 1. The topological polar surface area (TPSA) is 110 Å². The number of hydrogen-bond donors (Lipinski definition) is 3. The Kier molecular flexibility index (Phi) is 5.26. The Morgan fingerprint density at radius 2 is 2.05 bits per heavy atom. The molecule has 0 bridgehead atoms. The molecule has 0 aliphatic heterocycles. The zero-order valence-electron chi connectivity index (χ0n) is 12.8. The summed E-state index contributed by atoms with van der Waals surface area (Å²) in [7, 11) is 0. The second kappa shape index (κ2) is 6.53. The lowest BCUT2D eigenvalue weighted by molar-refractivity contribution is -0.384. The molecule has 116 valence electrons. The lowest BCUT2D eigenvalue weighted by atomic mass is 9.81. The number of nitro groups is 1. The summed E-state index contributed by atoms with van der Waals surface area (Å²) in [4.78, 5) is 22.4. The van der Waals surface area contributed by atoms with Crippen LogP contribution in [0.15, 0.2) is 18.2 Å². The predicted molar refractivity (Wildman–Crippen MR) is 81.9 cm³/mol. The van der Waals surface area contributed by atoms with Gasteiger partial charge in [0.05, 0.1) is 4.92 Å². The molecule has 21 heavy (non-hydrogen) atoms. The number of rotatable bonds is 6. The van der Waals surface area contributed by atoms with Crippen molar-refractivity contribution in [2.24, 2.45) is 17.2 Å². The van der Waals surface area contributed by atoms with Crippen LogP contribution >= 0.6 is 0 Å². The van der Waals surface area contributed by atoms with Gasteiger partial charge < -0.3 is 10.7 Å². The van der Waals surface area contributed by atoms with Crippen molar-refractivity contribution in [1.29, 1.82) is 0 Å². The van der Waals surface area contributed by atoms with Crippen LogP contribution in [0.1, 0.15) is 38.1 Å². The van der Waals surface area contributed by atoms with Gasteiger partial charge in [0, 0.05) is 18.2 Å². The molecule has 0 atom stereocenters. The number of carbonyl (C=O) groups excluding carboxylic acids is 1. The largest absolute Gasteiger partial charge is 0.351 e. The molecule has 1 rings (SSSR count). The Morgan fingerprint density at radius 3 is 2.52 bits per heavy atom. The Morgan fingerprint density at radius 1 is 1.43 bits per heavy atom. The fraction of sp³-hybridized carbons (Fsp3) is 0.500. The van der Waals surface area contributed by atoms with E-state index in [-0.39, 0.29) is 22.7 Å². The molecule has 4 N–H and O–H groups in total. The number of benzene rings is 1. The van der Waals surface area contributed by atoms with Gasteiger partial charge in [-0.15, -0.1) is 0 Å². The van der Waals surface area contributed by atoms with E-state index in [1.807, 2.05) is 0 Å². The first kappa shape index (κ1) is 16.9. The molecule has 1 amide bonds. The highest BCUT2D eigenvalue weighted by atomic mass is 16.6. The van der Waals surface area contributed by atoms with Crippen LogP contribution in [-0.2, 0) is 0 Å². The highest BCUT2D eigenvalue weighted by Gasteiger charge is 2.23. The molecule has 0 aliphatic rings. The Labute approximate surface area is 124 Å². The fourth-order valence-electron chi connectivity index (χ4n) is 1.57.